The summed E-state index contributed by atoms with van der Waals surface area (Å²) in [7, 11) is 0. The first-order chi connectivity index (χ1) is 10.9. The molecule has 0 radical (unpaired) electrons. The zero-order valence-corrected chi connectivity index (χ0v) is 7.44. The standard InChI is InChI=1S/C9H15N5O/c10-7-6-8(12-9(11)14(7)15)13-4-2-1-3-5-13/h6,10,15H,1-5H2,(H2,11,12)/i1D2,2D2,3D2,4D2,5D2. The van der Waals surface area contributed by atoms with E-state index in [0.29, 0.717) is 6.07 Å². The van der Waals surface area contributed by atoms with Crippen molar-refractivity contribution in [3.05, 3.63) is 11.6 Å². The van der Waals surface area contributed by atoms with E-state index in [9.17, 15) is 5.21 Å². The van der Waals surface area contributed by atoms with Gasteiger partial charge in [0.1, 0.15) is 5.82 Å². The molecule has 0 aromatic carbocycles. The van der Waals surface area contributed by atoms with Crippen molar-refractivity contribution in [1.82, 2.24) is 9.71 Å². The molecule has 6 nitrogen and oxygen atoms in total. The molecule has 82 valence electrons. The highest BCUT2D eigenvalue weighted by Gasteiger charge is 2.13. The largest absolute Gasteiger partial charge is 0.423 e. The van der Waals surface area contributed by atoms with E-state index < -0.39 is 49.4 Å². The minimum atomic E-state index is -3.55. The van der Waals surface area contributed by atoms with Crippen LogP contribution in [0.1, 0.15) is 32.8 Å². The van der Waals surface area contributed by atoms with E-state index in [2.05, 4.69) is 4.98 Å². The third kappa shape index (κ3) is 1.88. The Balaban J connectivity index is 2.87. The van der Waals surface area contributed by atoms with Crippen molar-refractivity contribution in [3.63, 3.8) is 0 Å². The molecule has 1 saturated heterocycles. The molecule has 6 heteroatoms. The zero-order chi connectivity index (χ0) is 19.8. The fraction of sp³-hybridized carbons (Fsp3) is 0.556. The number of nitrogen functional groups attached to an aromatic ring is 1. The molecule has 1 aliphatic heterocycles. The second-order valence-corrected chi connectivity index (χ2v) is 2.60. The van der Waals surface area contributed by atoms with Crippen molar-refractivity contribution in [3.8, 4) is 0 Å². The number of nitrogens with two attached hydrogens (primary N) is 1. The highest BCUT2D eigenvalue weighted by Crippen LogP contribution is 2.16. The average molecular weight is 219 g/mol. The summed E-state index contributed by atoms with van der Waals surface area (Å²) in [6.45, 7) is -6.84. The van der Waals surface area contributed by atoms with Crippen LogP contribution in [0.25, 0.3) is 0 Å². The van der Waals surface area contributed by atoms with E-state index in [1.54, 1.807) is 0 Å². The van der Waals surface area contributed by atoms with E-state index in [0.717, 1.165) is 0 Å². The predicted molar refractivity (Wildman–Crippen MR) is 55.7 cm³/mol. The lowest BCUT2D eigenvalue weighted by molar-refractivity contribution is 0.174. The topological polar surface area (TPSA) is 91.2 Å². The molecule has 0 spiro atoms. The Morgan fingerprint density at radius 3 is 2.73 bits per heavy atom. The first-order valence-corrected chi connectivity index (χ1v) is 3.88. The molecular formula is C9H15N5O. The van der Waals surface area contributed by atoms with Gasteiger partial charge in [-0.2, -0.15) is 4.98 Å². The zero-order valence-electron chi connectivity index (χ0n) is 17.4. The summed E-state index contributed by atoms with van der Waals surface area (Å²) in [6.07, 6.45) is -10.6. The third-order valence-electron chi connectivity index (χ3n) is 1.63. The van der Waals surface area contributed by atoms with Crippen LogP contribution in [0, 0.1) is 5.41 Å². The highest BCUT2D eigenvalue weighted by molar-refractivity contribution is 5.41. The molecule has 2 rings (SSSR count). The lowest BCUT2D eigenvalue weighted by Crippen LogP contribution is -2.33. The predicted octanol–water partition coefficient (Wildman–Crippen LogP) is 0.172. The molecule has 1 aromatic heterocycles. The minimum absolute atomic E-state index is 0.0320. The Bertz CT molecular complexity index is 745. The SMILES string of the molecule is [2H]C1([2H])N(c2cc(=N)n(O)c(N)n2)C([2H])([2H])C([2H])([2H])C([2H])([2H])C1([2H])[2H]. The minimum Gasteiger partial charge on any atom is -0.423 e. The maximum Gasteiger partial charge on any atom is 0.238 e. The van der Waals surface area contributed by atoms with Crippen molar-refractivity contribution >= 4 is 11.8 Å². The van der Waals surface area contributed by atoms with Crippen LogP contribution in [0.3, 0.4) is 0 Å². The number of hydrogen-bond acceptors (Lipinski definition) is 5. The number of anilines is 2. The summed E-state index contributed by atoms with van der Waals surface area (Å²) in [5.41, 5.74) is 4.60. The van der Waals surface area contributed by atoms with E-state index >= 15 is 0 Å². The van der Waals surface area contributed by atoms with Gasteiger partial charge in [0.05, 0.1) is 0 Å². The Morgan fingerprint density at radius 2 is 2.13 bits per heavy atom. The lowest BCUT2D eigenvalue weighted by atomic mass is 10.1. The molecule has 2 heterocycles. The molecule has 1 fully saturated rings. The monoisotopic (exact) mass is 219 g/mol. The van der Waals surface area contributed by atoms with Gasteiger partial charge >= 0.3 is 0 Å². The van der Waals surface area contributed by atoms with Crippen LogP contribution in [0.5, 0.6) is 0 Å². The highest BCUT2D eigenvalue weighted by atomic mass is 16.5. The smallest absolute Gasteiger partial charge is 0.238 e. The van der Waals surface area contributed by atoms with Crippen molar-refractivity contribution in [1.29, 1.82) is 5.41 Å². The van der Waals surface area contributed by atoms with Crippen molar-refractivity contribution in [2.75, 3.05) is 23.6 Å². The van der Waals surface area contributed by atoms with Crippen LogP contribution in [-0.2, 0) is 0 Å². The maximum atomic E-state index is 9.41. The Morgan fingerprint density at radius 1 is 1.47 bits per heavy atom. The Hall–Kier alpha value is -1.72. The van der Waals surface area contributed by atoms with Gasteiger partial charge < -0.3 is 15.8 Å². The van der Waals surface area contributed by atoms with Crippen LogP contribution in [-0.4, -0.2) is 27.9 Å². The lowest BCUT2D eigenvalue weighted by Gasteiger charge is -2.27. The fourth-order valence-electron chi connectivity index (χ4n) is 0.960. The number of hydrogen-bond donors (Lipinski definition) is 3. The van der Waals surface area contributed by atoms with Crippen molar-refractivity contribution < 1.29 is 18.9 Å². The normalized spacial score (nSPS) is 43.3. The van der Waals surface area contributed by atoms with Crippen LogP contribution in [0.4, 0.5) is 11.8 Å². The summed E-state index contributed by atoms with van der Waals surface area (Å²) in [6, 6.07) is 0.652. The van der Waals surface area contributed by atoms with Crippen LogP contribution in [0.15, 0.2) is 6.07 Å². The van der Waals surface area contributed by atoms with Gasteiger partial charge in [0.15, 0.2) is 5.49 Å². The average Bonchev–Trinajstić information content (AvgIpc) is 2.42. The fourth-order valence-corrected chi connectivity index (χ4v) is 0.960. The first-order valence-electron chi connectivity index (χ1n) is 8.88. The van der Waals surface area contributed by atoms with E-state index in [1.807, 2.05) is 0 Å². The van der Waals surface area contributed by atoms with Gasteiger partial charge in [0.25, 0.3) is 0 Å². The second-order valence-electron chi connectivity index (χ2n) is 2.60. The third-order valence-corrected chi connectivity index (χ3v) is 1.63. The number of nitrogens with one attached hydrogen (secondary N) is 1. The Kier molecular flexibility index (Phi) is 0.860. The molecule has 15 heavy (non-hydrogen) atoms. The van der Waals surface area contributed by atoms with Gasteiger partial charge in [-0.05, 0) is 19.1 Å². The molecule has 1 aromatic rings. The Labute approximate surface area is 101 Å². The van der Waals surface area contributed by atoms with Crippen LogP contribution >= 0.6 is 0 Å². The van der Waals surface area contributed by atoms with E-state index in [1.165, 1.54) is 0 Å². The molecule has 4 N–H and O–H groups in total. The molecule has 0 saturated carbocycles. The molecule has 1 aliphatic rings. The summed E-state index contributed by atoms with van der Waals surface area (Å²) in [5.74, 6) is -1.52. The number of aromatic nitrogens is 2. The van der Waals surface area contributed by atoms with Gasteiger partial charge in [-0.3, -0.25) is 5.41 Å². The van der Waals surface area contributed by atoms with Crippen molar-refractivity contribution in [2.45, 2.75) is 19.1 Å². The molecular weight excluding hydrogens is 194 g/mol. The number of piperidine rings is 1. The summed E-state index contributed by atoms with van der Waals surface area (Å²) in [4.78, 5) is 3.46. The van der Waals surface area contributed by atoms with Gasteiger partial charge in [0.2, 0.25) is 5.95 Å². The summed E-state index contributed by atoms with van der Waals surface area (Å²) < 4.78 is 78.6. The van der Waals surface area contributed by atoms with Gasteiger partial charge in [-0.1, -0.05) is 0 Å². The summed E-state index contributed by atoms with van der Waals surface area (Å²) in [5, 5.41) is 16.9. The maximum absolute atomic E-state index is 9.41. The number of rotatable bonds is 1. The second kappa shape index (κ2) is 3.80. The van der Waals surface area contributed by atoms with E-state index in [-0.39, 0.29) is 9.63 Å². The van der Waals surface area contributed by atoms with Gasteiger partial charge in [-0.25, -0.2) is 0 Å². The first kappa shape index (κ1) is 3.40. The quantitative estimate of drug-likeness (QED) is 0.587. The van der Waals surface area contributed by atoms with Gasteiger partial charge in [-0.15, -0.1) is 4.73 Å². The van der Waals surface area contributed by atoms with E-state index in [4.69, 9.17) is 24.9 Å². The van der Waals surface area contributed by atoms with Crippen LogP contribution < -0.4 is 16.1 Å². The number of nitrogens with zero attached hydrogens (tertiary/aromatic N) is 3. The molecule has 0 atom stereocenters. The summed E-state index contributed by atoms with van der Waals surface area (Å²) >= 11 is 0. The molecule has 0 amide bonds. The van der Waals surface area contributed by atoms with Gasteiger partial charge in [0, 0.05) is 32.8 Å². The van der Waals surface area contributed by atoms with Crippen LogP contribution in [0.2, 0.25) is 0 Å². The van der Waals surface area contributed by atoms with Crippen molar-refractivity contribution in [2.24, 2.45) is 0 Å². The molecule has 0 bridgehead atoms. The molecule has 0 unspecified atom stereocenters. The molecule has 0 aliphatic carbocycles.